The average molecular weight is 449 g/mol. The van der Waals surface area contributed by atoms with Gasteiger partial charge in [0.15, 0.2) is 11.6 Å². The molecular weight excluding hydrogens is 425 g/mol. The van der Waals surface area contributed by atoms with E-state index in [1.165, 1.54) is 19.0 Å². The Bertz CT molecular complexity index is 1260. The molecule has 1 fully saturated rings. The molecule has 1 aliphatic rings. The van der Waals surface area contributed by atoms with Crippen LogP contribution in [0.15, 0.2) is 48.9 Å². The Hall–Kier alpha value is -3.79. The van der Waals surface area contributed by atoms with Crippen molar-refractivity contribution in [2.75, 3.05) is 38.7 Å². The Morgan fingerprint density at radius 2 is 2.00 bits per heavy atom. The Balaban J connectivity index is 1.52. The van der Waals surface area contributed by atoms with Crippen molar-refractivity contribution in [3.8, 4) is 23.1 Å². The molecule has 0 radical (unpaired) electrons. The highest BCUT2D eigenvalue weighted by atomic mass is 19.1. The van der Waals surface area contributed by atoms with Crippen molar-refractivity contribution in [3.63, 3.8) is 0 Å². The Morgan fingerprint density at radius 1 is 1.12 bits per heavy atom. The lowest BCUT2D eigenvalue weighted by Crippen LogP contribution is -2.25. The molecule has 1 aliphatic heterocycles. The molecule has 0 aliphatic carbocycles. The third kappa shape index (κ3) is 4.56. The molecule has 0 atom stereocenters. The summed E-state index contributed by atoms with van der Waals surface area (Å²) < 4.78 is 27.3. The van der Waals surface area contributed by atoms with Crippen molar-refractivity contribution in [1.29, 1.82) is 0 Å². The molecule has 9 nitrogen and oxygen atoms in total. The number of hydrogen-bond donors (Lipinski definition) is 1. The highest BCUT2D eigenvalue weighted by molar-refractivity contribution is 5.80. The maximum absolute atomic E-state index is 14.4. The number of anilines is 2. The van der Waals surface area contributed by atoms with Crippen LogP contribution in [-0.2, 0) is 0 Å². The highest BCUT2D eigenvalue weighted by Gasteiger charge is 2.18. The lowest BCUT2D eigenvalue weighted by atomic mass is 10.3. The van der Waals surface area contributed by atoms with E-state index < -0.39 is 5.82 Å². The number of rotatable bonds is 8. The van der Waals surface area contributed by atoms with Gasteiger partial charge in [0.2, 0.25) is 11.7 Å². The normalized spacial score (nSPS) is 14.0. The van der Waals surface area contributed by atoms with E-state index in [0.717, 1.165) is 25.8 Å². The zero-order valence-electron chi connectivity index (χ0n) is 18.2. The number of methoxy groups -OCH3 is 1. The summed E-state index contributed by atoms with van der Waals surface area (Å²) in [5.41, 5.74) is 1.39. The third-order valence-corrected chi connectivity index (χ3v) is 5.53. The molecule has 1 N–H and O–H groups in total. The van der Waals surface area contributed by atoms with E-state index in [2.05, 4.69) is 30.3 Å². The second kappa shape index (κ2) is 9.37. The van der Waals surface area contributed by atoms with Gasteiger partial charge in [0.25, 0.3) is 0 Å². The molecule has 0 bridgehead atoms. The molecule has 33 heavy (non-hydrogen) atoms. The van der Waals surface area contributed by atoms with Gasteiger partial charge in [-0.3, -0.25) is 9.88 Å². The number of nitrogens with one attached hydrogen (secondary N) is 1. The smallest absolute Gasteiger partial charge is 0.213 e. The molecule has 5 rings (SSSR count). The Kier molecular flexibility index (Phi) is 5.99. The fraction of sp³-hybridized carbons (Fsp3) is 0.304. The first-order valence-electron chi connectivity index (χ1n) is 10.8. The largest absolute Gasteiger partial charge is 0.490 e. The zero-order chi connectivity index (χ0) is 22.6. The van der Waals surface area contributed by atoms with Gasteiger partial charge >= 0.3 is 0 Å². The molecule has 0 amide bonds. The van der Waals surface area contributed by atoms with E-state index >= 15 is 0 Å². The molecule has 0 spiro atoms. The summed E-state index contributed by atoms with van der Waals surface area (Å²) >= 11 is 0. The molecule has 170 valence electrons. The topological polar surface area (TPSA) is 89.7 Å². The van der Waals surface area contributed by atoms with Crippen molar-refractivity contribution >= 4 is 17.0 Å². The van der Waals surface area contributed by atoms with Crippen molar-refractivity contribution in [1.82, 2.24) is 29.5 Å². The number of nitrogens with zero attached hydrogens (tertiary/aromatic N) is 6. The molecule has 5 heterocycles. The van der Waals surface area contributed by atoms with E-state index in [1.54, 1.807) is 36.0 Å². The van der Waals surface area contributed by atoms with Crippen LogP contribution in [0.2, 0.25) is 0 Å². The summed E-state index contributed by atoms with van der Waals surface area (Å²) in [5, 5.41) is 7.68. The van der Waals surface area contributed by atoms with Gasteiger partial charge < -0.3 is 14.8 Å². The Labute approximate surface area is 190 Å². The third-order valence-electron chi connectivity index (χ3n) is 5.53. The lowest BCUT2D eigenvalue weighted by Gasteiger charge is -2.15. The van der Waals surface area contributed by atoms with Gasteiger partial charge in [-0.05, 0) is 38.1 Å². The van der Waals surface area contributed by atoms with Crippen LogP contribution in [0.1, 0.15) is 12.8 Å². The number of aromatic nitrogens is 5. The quantitative estimate of drug-likeness (QED) is 0.437. The van der Waals surface area contributed by atoms with Crippen molar-refractivity contribution in [2.45, 2.75) is 12.8 Å². The predicted octanol–water partition coefficient (Wildman–Crippen LogP) is 3.55. The molecular formula is C23H24FN7O2. The minimum Gasteiger partial charge on any atom is -0.490 e. The second-order valence-corrected chi connectivity index (χ2v) is 7.70. The van der Waals surface area contributed by atoms with Crippen LogP contribution in [-0.4, -0.2) is 62.8 Å². The van der Waals surface area contributed by atoms with Crippen LogP contribution < -0.4 is 14.8 Å². The van der Waals surface area contributed by atoms with Crippen molar-refractivity contribution < 1.29 is 13.9 Å². The summed E-state index contributed by atoms with van der Waals surface area (Å²) in [5.74, 6) is 1.34. The number of halogens is 1. The minimum absolute atomic E-state index is 0.249. The van der Waals surface area contributed by atoms with Crippen LogP contribution >= 0.6 is 0 Å². The number of pyridine rings is 2. The van der Waals surface area contributed by atoms with Crippen LogP contribution in [0.25, 0.3) is 17.0 Å². The van der Waals surface area contributed by atoms with Crippen LogP contribution in [0.4, 0.5) is 15.9 Å². The van der Waals surface area contributed by atoms with Gasteiger partial charge in [0.1, 0.15) is 23.6 Å². The molecule has 10 heteroatoms. The average Bonchev–Trinajstić information content (AvgIpc) is 3.51. The second-order valence-electron chi connectivity index (χ2n) is 7.70. The Morgan fingerprint density at radius 3 is 2.82 bits per heavy atom. The van der Waals surface area contributed by atoms with E-state index in [9.17, 15) is 4.39 Å². The van der Waals surface area contributed by atoms with Crippen LogP contribution in [0.5, 0.6) is 11.6 Å². The summed E-state index contributed by atoms with van der Waals surface area (Å²) in [4.78, 5) is 15.3. The molecule has 4 aromatic heterocycles. The SMILES string of the molecule is COc1cccc(-c2nc(Nc3ccncc3F)c3c(OCCN4CCCC4)ccn3n2)n1. The first-order valence-corrected chi connectivity index (χ1v) is 10.8. The maximum atomic E-state index is 14.4. The monoisotopic (exact) mass is 449 g/mol. The molecule has 0 saturated carbocycles. The van der Waals surface area contributed by atoms with Crippen molar-refractivity contribution in [2.24, 2.45) is 0 Å². The molecule has 4 aromatic rings. The maximum Gasteiger partial charge on any atom is 0.213 e. The van der Waals surface area contributed by atoms with Gasteiger partial charge in [0, 0.05) is 31.1 Å². The highest BCUT2D eigenvalue weighted by Crippen LogP contribution is 2.31. The van der Waals surface area contributed by atoms with E-state index in [-0.39, 0.29) is 5.69 Å². The van der Waals surface area contributed by atoms with Gasteiger partial charge in [-0.2, -0.15) is 0 Å². The summed E-state index contributed by atoms with van der Waals surface area (Å²) in [7, 11) is 1.55. The summed E-state index contributed by atoms with van der Waals surface area (Å²) in [6.07, 6.45) is 6.92. The summed E-state index contributed by atoms with van der Waals surface area (Å²) in [6.45, 7) is 3.61. The first-order chi connectivity index (χ1) is 16.2. The molecule has 0 aromatic carbocycles. The van der Waals surface area contributed by atoms with Crippen LogP contribution in [0, 0.1) is 5.82 Å². The minimum atomic E-state index is -0.488. The van der Waals surface area contributed by atoms with E-state index in [4.69, 9.17) is 9.47 Å². The first kappa shape index (κ1) is 21.1. The number of ether oxygens (including phenoxy) is 2. The van der Waals surface area contributed by atoms with Gasteiger partial charge in [-0.15, -0.1) is 5.10 Å². The van der Waals surface area contributed by atoms with Crippen LogP contribution in [0.3, 0.4) is 0 Å². The van der Waals surface area contributed by atoms with E-state index in [1.807, 2.05) is 12.1 Å². The fourth-order valence-electron chi connectivity index (χ4n) is 3.86. The lowest BCUT2D eigenvalue weighted by molar-refractivity contribution is 0.239. The van der Waals surface area contributed by atoms with Gasteiger partial charge in [0.05, 0.1) is 19.0 Å². The van der Waals surface area contributed by atoms with Crippen molar-refractivity contribution in [3.05, 3.63) is 54.7 Å². The standard InChI is InChI=1S/C23H24FN7O2/c1-32-20-6-4-5-18(26-20)22-28-23(27-17-7-9-25-15-16(17)24)21-19(8-12-31(21)29-22)33-14-13-30-10-2-3-11-30/h4-9,12,15H,2-3,10-11,13-14H2,1H3,(H,25,27,28,29). The number of fused-ring (bicyclic) bond motifs is 1. The molecule has 1 saturated heterocycles. The van der Waals surface area contributed by atoms with E-state index in [0.29, 0.717) is 41.1 Å². The number of likely N-dealkylation sites (tertiary alicyclic amines) is 1. The zero-order valence-corrected chi connectivity index (χ0v) is 18.2. The summed E-state index contributed by atoms with van der Waals surface area (Å²) in [6, 6.07) is 8.74. The van der Waals surface area contributed by atoms with Gasteiger partial charge in [-0.25, -0.2) is 18.9 Å². The fourth-order valence-corrected chi connectivity index (χ4v) is 3.86. The number of hydrogen-bond acceptors (Lipinski definition) is 8. The van der Waals surface area contributed by atoms with Gasteiger partial charge in [-0.1, -0.05) is 6.07 Å². The molecule has 0 unspecified atom stereocenters. The predicted molar refractivity (Wildman–Crippen MR) is 121 cm³/mol.